The van der Waals surface area contributed by atoms with E-state index >= 15 is 0 Å². The van der Waals surface area contributed by atoms with Crippen molar-refractivity contribution < 1.29 is 0 Å². The van der Waals surface area contributed by atoms with Crippen molar-refractivity contribution in [3.63, 3.8) is 0 Å². The number of hydrogen-bond donors (Lipinski definition) is 1. The molecule has 0 aliphatic heterocycles. The first-order chi connectivity index (χ1) is 6.65. The monoisotopic (exact) mass is 229 g/mol. The fraction of sp³-hybridized carbons (Fsp3) is 0.636. The van der Waals surface area contributed by atoms with Crippen LogP contribution in [0.2, 0.25) is 4.34 Å². The van der Waals surface area contributed by atoms with Gasteiger partial charge in [0.05, 0.1) is 4.34 Å². The Labute approximate surface area is 94.5 Å². The van der Waals surface area contributed by atoms with E-state index in [1.165, 1.54) is 17.7 Å². The molecule has 1 saturated carbocycles. The molecule has 0 radical (unpaired) electrons. The predicted octanol–water partition coefficient (Wildman–Crippen LogP) is 3.85. The molecule has 78 valence electrons. The van der Waals surface area contributed by atoms with Gasteiger partial charge in [0, 0.05) is 17.0 Å². The van der Waals surface area contributed by atoms with Crippen molar-refractivity contribution in [3.05, 3.63) is 21.3 Å². The quantitative estimate of drug-likeness (QED) is 0.830. The predicted molar refractivity (Wildman–Crippen MR) is 63.1 cm³/mol. The molecule has 1 atom stereocenters. The highest BCUT2D eigenvalue weighted by Gasteiger charge is 2.26. The summed E-state index contributed by atoms with van der Waals surface area (Å²) in [7, 11) is 0. The van der Waals surface area contributed by atoms with Gasteiger partial charge in [-0.05, 0) is 37.8 Å². The smallest absolute Gasteiger partial charge is 0.0931 e. The van der Waals surface area contributed by atoms with Gasteiger partial charge in [-0.3, -0.25) is 0 Å². The first-order valence-corrected chi connectivity index (χ1v) is 6.36. The zero-order valence-electron chi connectivity index (χ0n) is 8.59. The highest BCUT2D eigenvalue weighted by molar-refractivity contribution is 7.16. The standard InChI is InChI=1S/C11H16ClNS/c1-7-5-9(6-7)13-8(2)10-3-4-11(12)14-10/h3-4,7-9,13H,5-6H2,1-2H3. The van der Waals surface area contributed by atoms with Gasteiger partial charge in [-0.2, -0.15) is 0 Å². The van der Waals surface area contributed by atoms with Crippen molar-refractivity contribution in [1.82, 2.24) is 5.32 Å². The molecule has 0 bridgehead atoms. The molecule has 0 spiro atoms. The summed E-state index contributed by atoms with van der Waals surface area (Å²) in [4.78, 5) is 1.34. The summed E-state index contributed by atoms with van der Waals surface area (Å²) in [6.45, 7) is 4.52. The Morgan fingerprint density at radius 1 is 1.50 bits per heavy atom. The number of thiophene rings is 1. The van der Waals surface area contributed by atoms with Gasteiger partial charge in [0.1, 0.15) is 0 Å². The lowest BCUT2D eigenvalue weighted by Gasteiger charge is -2.35. The lowest BCUT2D eigenvalue weighted by molar-refractivity contribution is 0.227. The van der Waals surface area contributed by atoms with E-state index in [1.54, 1.807) is 11.3 Å². The molecule has 1 fully saturated rings. The van der Waals surface area contributed by atoms with Crippen LogP contribution >= 0.6 is 22.9 Å². The summed E-state index contributed by atoms with van der Waals surface area (Å²) in [5, 5.41) is 3.63. The zero-order valence-corrected chi connectivity index (χ0v) is 10.2. The summed E-state index contributed by atoms with van der Waals surface area (Å²) in [6.07, 6.45) is 2.65. The molecule has 3 heteroatoms. The van der Waals surface area contributed by atoms with Crippen LogP contribution in [0.4, 0.5) is 0 Å². The van der Waals surface area contributed by atoms with E-state index in [0.29, 0.717) is 6.04 Å². The molecule has 2 rings (SSSR count). The number of nitrogens with one attached hydrogen (secondary N) is 1. The van der Waals surface area contributed by atoms with Crippen molar-refractivity contribution in [1.29, 1.82) is 0 Å². The van der Waals surface area contributed by atoms with Gasteiger partial charge in [-0.1, -0.05) is 18.5 Å². The highest BCUT2D eigenvalue weighted by atomic mass is 35.5. The van der Waals surface area contributed by atoms with Crippen LogP contribution in [0.15, 0.2) is 12.1 Å². The van der Waals surface area contributed by atoms with Crippen LogP contribution in [-0.2, 0) is 0 Å². The van der Waals surface area contributed by atoms with E-state index in [4.69, 9.17) is 11.6 Å². The topological polar surface area (TPSA) is 12.0 Å². The van der Waals surface area contributed by atoms with Crippen LogP contribution in [0, 0.1) is 5.92 Å². The minimum atomic E-state index is 0.449. The molecule has 0 saturated heterocycles. The Kier molecular flexibility index (Phi) is 3.15. The Hall–Kier alpha value is -0.0500. The number of halogens is 1. The molecule has 1 aliphatic carbocycles. The Morgan fingerprint density at radius 2 is 2.21 bits per heavy atom. The average molecular weight is 230 g/mol. The van der Waals surface area contributed by atoms with Crippen LogP contribution in [-0.4, -0.2) is 6.04 Å². The maximum Gasteiger partial charge on any atom is 0.0931 e. The van der Waals surface area contributed by atoms with Crippen molar-refractivity contribution in [2.24, 2.45) is 5.92 Å². The van der Waals surface area contributed by atoms with Crippen LogP contribution in [0.1, 0.15) is 37.6 Å². The fourth-order valence-electron chi connectivity index (χ4n) is 2.04. The molecule has 1 aromatic rings. The summed E-state index contributed by atoms with van der Waals surface area (Å²) >= 11 is 7.58. The molecular weight excluding hydrogens is 214 g/mol. The van der Waals surface area contributed by atoms with Gasteiger partial charge in [-0.25, -0.2) is 0 Å². The molecule has 1 nitrogen and oxygen atoms in total. The second-order valence-corrected chi connectivity index (χ2v) is 6.05. The minimum Gasteiger partial charge on any atom is -0.307 e. The Balaban J connectivity index is 1.86. The van der Waals surface area contributed by atoms with E-state index in [1.807, 2.05) is 6.07 Å². The van der Waals surface area contributed by atoms with Gasteiger partial charge < -0.3 is 5.32 Å². The third kappa shape index (κ3) is 2.30. The Morgan fingerprint density at radius 3 is 2.71 bits per heavy atom. The molecule has 1 aliphatic rings. The fourth-order valence-corrected chi connectivity index (χ4v) is 3.11. The second-order valence-electron chi connectivity index (χ2n) is 4.30. The van der Waals surface area contributed by atoms with Gasteiger partial charge in [0.2, 0.25) is 0 Å². The van der Waals surface area contributed by atoms with Crippen molar-refractivity contribution in [2.75, 3.05) is 0 Å². The summed E-state index contributed by atoms with van der Waals surface area (Å²) in [6, 6.07) is 5.27. The second kappa shape index (κ2) is 4.21. The van der Waals surface area contributed by atoms with Crippen LogP contribution < -0.4 is 5.32 Å². The van der Waals surface area contributed by atoms with E-state index in [9.17, 15) is 0 Å². The van der Waals surface area contributed by atoms with Crippen molar-refractivity contribution in [2.45, 2.75) is 38.8 Å². The van der Waals surface area contributed by atoms with Gasteiger partial charge in [0.25, 0.3) is 0 Å². The SMILES string of the molecule is CC1CC(NC(C)c2ccc(Cl)s2)C1. The van der Waals surface area contributed by atoms with Crippen LogP contribution in [0.25, 0.3) is 0 Å². The summed E-state index contributed by atoms with van der Waals surface area (Å²) in [5.74, 6) is 0.909. The minimum absolute atomic E-state index is 0.449. The molecular formula is C11H16ClNS. The van der Waals surface area contributed by atoms with Crippen molar-refractivity contribution >= 4 is 22.9 Å². The molecule has 1 unspecified atom stereocenters. The molecule has 1 aromatic heterocycles. The van der Waals surface area contributed by atoms with Gasteiger partial charge in [0.15, 0.2) is 0 Å². The van der Waals surface area contributed by atoms with E-state index in [-0.39, 0.29) is 0 Å². The first-order valence-electron chi connectivity index (χ1n) is 5.16. The maximum absolute atomic E-state index is 5.90. The summed E-state index contributed by atoms with van der Waals surface area (Å²) in [5.41, 5.74) is 0. The molecule has 0 aromatic carbocycles. The van der Waals surface area contributed by atoms with Crippen LogP contribution in [0.3, 0.4) is 0 Å². The molecule has 1 N–H and O–H groups in total. The van der Waals surface area contributed by atoms with E-state index in [0.717, 1.165) is 16.3 Å². The van der Waals surface area contributed by atoms with E-state index < -0.39 is 0 Å². The number of rotatable bonds is 3. The average Bonchev–Trinajstić information content (AvgIpc) is 2.49. The van der Waals surface area contributed by atoms with Gasteiger partial charge >= 0.3 is 0 Å². The molecule has 1 heterocycles. The zero-order chi connectivity index (χ0) is 10.1. The third-order valence-electron chi connectivity index (χ3n) is 2.88. The summed E-state index contributed by atoms with van der Waals surface area (Å²) < 4.78 is 0.885. The largest absolute Gasteiger partial charge is 0.307 e. The van der Waals surface area contributed by atoms with Crippen molar-refractivity contribution in [3.8, 4) is 0 Å². The third-order valence-corrected chi connectivity index (χ3v) is 4.29. The van der Waals surface area contributed by atoms with Crippen LogP contribution in [0.5, 0.6) is 0 Å². The lowest BCUT2D eigenvalue weighted by Crippen LogP contribution is -2.41. The number of hydrogen-bond acceptors (Lipinski definition) is 2. The lowest BCUT2D eigenvalue weighted by atomic mass is 9.81. The Bertz CT molecular complexity index is 304. The first kappa shape index (κ1) is 10.5. The maximum atomic E-state index is 5.90. The highest BCUT2D eigenvalue weighted by Crippen LogP contribution is 2.31. The normalized spacial score (nSPS) is 28.5. The van der Waals surface area contributed by atoms with Gasteiger partial charge in [-0.15, -0.1) is 11.3 Å². The molecule has 0 amide bonds. The van der Waals surface area contributed by atoms with E-state index in [2.05, 4.69) is 25.2 Å². The molecule has 14 heavy (non-hydrogen) atoms.